The molecular formula is C14H13ClFNO. The number of hydrogen-bond acceptors (Lipinski definition) is 2. The lowest BCUT2D eigenvalue weighted by Crippen LogP contribution is -2.06. The monoisotopic (exact) mass is 265 g/mol. The summed E-state index contributed by atoms with van der Waals surface area (Å²) in [5.74, 6) is 0.804. The third-order valence-electron chi connectivity index (χ3n) is 2.51. The first-order valence-corrected chi connectivity index (χ1v) is 5.99. The van der Waals surface area contributed by atoms with Gasteiger partial charge in [0.2, 0.25) is 0 Å². The summed E-state index contributed by atoms with van der Waals surface area (Å²) >= 11 is 5.79. The number of benzene rings is 2. The largest absolute Gasteiger partial charge is 0.457 e. The van der Waals surface area contributed by atoms with E-state index in [4.69, 9.17) is 22.1 Å². The van der Waals surface area contributed by atoms with Crippen molar-refractivity contribution in [3.8, 4) is 11.5 Å². The molecule has 0 aliphatic rings. The van der Waals surface area contributed by atoms with Crippen LogP contribution in [0.15, 0.2) is 42.5 Å². The number of rotatable bonds is 4. The lowest BCUT2D eigenvalue weighted by Gasteiger charge is -2.11. The van der Waals surface area contributed by atoms with E-state index in [-0.39, 0.29) is 5.82 Å². The topological polar surface area (TPSA) is 35.2 Å². The molecule has 0 saturated heterocycles. The highest BCUT2D eigenvalue weighted by Crippen LogP contribution is 2.28. The summed E-state index contributed by atoms with van der Waals surface area (Å²) < 4.78 is 19.3. The van der Waals surface area contributed by atoms with E-state index < -0.39 is 0 Å². The molecular weight excluding hydrogens is 253 g/mol. The van der Waals surface area contributed by atoms with Crippen LogP contribution in [0.5, 0.6) is 11.5 Å². The third kappa shape index (κ3) is 3.00. The molecule has 0 amide bonds. The van der Waals surface area contributed by atoms with Crippen LogP contribution >= 0.6 is 11.6 Å². The molecule has 2 N–H and O–H groups in total. The Labute approximate surface area is 110 Å². The highest BCUT2D eigenvalue weighted by Gasteiger charge is 2.09. The van der Waals surface area contributed by atoms with Crippen molar-refractivity contribution in [2.45, 2.75) is 6.42 Å². The van der Waals surface area contributed by atoms with Crippen molar-refractivity contribution in [2.24, 2.45) is 5.73 Å². The number of hydrogen-bond donors (Lipinski definition) is 1. The van der Waals surface area contributed by atoms with Crippen LogP contribution in [0.4, 0.5) is 4.39 Å². The predicted molar refractivity (Wildman–Crippen MR) is 70.7 cm³/mol. The zero-order valence-corrected chi connectivity index (χ0v) is 10.5. The summed E-state index contributed by atoms with van der Waals surface area (Å²) in [7, 11) is 0. The summed E-state index contributed by atoms with van der Waals surface area (Å²) in [5, 5.41) is 0.628. The summed E-state index contributed by atoms with van der Waals surface area (Å²) in [5.41, 5.74) is 5.97. The van der Waals surface area contributed by atoms with Crippen molar-refractivity contribution in [3.05, 3.63) is 58.9 Å². The van der Waals surface area contributed by atoms with Crippen LogP contribution in [0.3, 0.4) is 0 Å². The van der Waals surface area contributed by atoms with Crippen molar-refractivity contribution < 1.29 is 9.13 Å². The van der Waals surface area contributed by atoms with Crippen molar-refractivity contribution >= 4 is 11.6 Å². The molecule has 0 aromatic heterocycles. The minimum Gasteiger partial charge on any atom is -0.457 e. The van der Waals surface area contributed by atoms with Gasteiger partial charge in [0.25, 0.3) is 0 Å². The van der Waals surface area contributed by atoms with Crippen LogP contribution in [-0.4, -0.2) is 6.54 Å². The van der Waals surface area contributed by atoms with E-state index in [0.717, 1.165) is 0 Å². The average molecular weight is 266 g/mol. The molecule has 2 aromatic carbocycles. The van der Waals surface area contributed by atoms with Crippen molar-refractivity contribution in [2.75, 3.05) is 6.54 Å². The van der Waals surface area contributed by atoms with E-state index in [9.17, 15) is 4.39 Å². The molecule has 0 fully saturated rings. The normalized spacial score (nSPS) is 10.4. The fourth-order valence-electron chi connectivity index (χ4n) is 1.65. The highest BCUT2D eigenvalue weighted by molar-refractivity contribution is 6.30. The third-order valence-corrected chi connectivity index (χ3v) is 2.76. The molecule has 2 aromatic rings. The Bertz CT molecular complexity index is 528. The van der Waals surface area contributed by atoms with Crippen LogP contribution in [0.1, 0.15) is 5.56 Å². The van der Waals surface area contributed by atoms with Gasteiger partial charge in [0, 0.05) is 10.6 Å². The lowest BCUT2D eigenvalue weighted by molar-refractivity contribution is 0.467. The molecule has 0 heterocycles. The smallest absolute Gasteiger partial charge is 0.133 e. The Morgan fingerprint density at radius 2 is 1.83 bits per heavy atom. The number of nitrogens with two attached hydrogens (primary N) is 1. The lowest BCUT2D eigenvalue weighted by atomic mass is 10.1. The Morgan fingerprint density at radius 3 is 2.50 bits per heavy atom. The quantitative estimate of drug-likeness (QED) is 0.913. The van der Waals surface area contributed by atoms with E-state index in [1.165, 1.54) is 6.07 Å². The van der Waals surface area contributed by atoms with Crippen LogP contribution in [0.25, 0.3) is 0 Å². The summed E-state index contributed by atoms with van der Waals surface area (Å²) in [6.45, 7) is 0.373. The average Bonchev–Trinajstić information content (AvgIpc) is 2.36. The van der Waals surface area contributed by atoms with Crippen molar-refractivity contribution in [1.82, 2.24) is 0 Å². The Balaban J connectivity index is 2.28. The van der Waals surface area contributed by atoms with E-state index >= 15 is 0 Å². The van der Waals surface area contributed by atoms with Crippen LogP contribution in [0.2, 0.25) is 5.02 Å². The molecule has 2 rings (SSSR count). The van der Waals surface area contributed by atoms with Gasteiger partial charge in [0.05, 0.1) is 0 Å². The van der Waals surface area contributed by atoms with E-state index in [2.05, 4.69) is 0 Å². The van der Waals surface area contributed by atoms with Crippen LogP contribution in [0, 0.1) is 5.82 Å². The van der Waals surface area contributed by atoms with Gasteiger partial charge in [0.15, 0.2) is 0 Å². The highest BCUT2D eigenvalue weighted by atomic mass is 35.5. The Kier molecular flexibility index (Phi) is 4.18. The zero-order chi connectivity index (χ0) is 13.0. The summed E-state index contributed by atoms with van der Waals surface area (Å²) in [4.78, 5) is 0. The Hall–Kier alpha value is -1.58. The molecule has 18 heavy (non-hydrogen) atoms. The minimum absolute atomic E-state index is 0.299. The second-order valence-corrected chi connectivity index (χ2v) is 4.25. The van der Waals surface area contributed by atoms with Gasteiger partial charge in [-0.1, -0.05) is 17.7 Å². The molecule has 0 bridgehead atoms. The van der Waals surface area contributed by atoms with Crippen molar-refractivity contribution in [1.29, 1.82) is 0 Å². The first-order chi connectivity index (χ1) is 8.70. The fraction of sp³-hybridized carbons (Fsp3) is 0.143. The second-order valence-electron chi connectivity index (χ2n) is 3.81. The van der Waals surface area contributed by atoms with E-state index in [1.54, 1.807) is 36.4 Å². The molecule has 0 spiro atoms. The SMILES string of the molecule is NCCc1c(F)cccc1Oc1ccc(Cl)cc1. The molecule has 0 unspecified atom stereocenters. The fourth-order valence-corrected chi connectivity index (χ4v) is 1.78. The Morgan fingerprint density at radius 1 is 1.11 bits per heavy atom. The molecule has 94 valence electrons. The second kappa shape index (κ2) is 5.85. The van der Waals surface area contributed by atoms with Crippen LogP contribution < -0.4 is 10.5 Å². The molecule has 0 radical (unpaired) electrons. The first kappa shape index (κ1) is 12.9. The van der Waals surface area contributed by atoms with Gasteiger partial charge in [0.1, 0.15) is 17.3 Å². The molecule has 0 aliphatic heterocycles. The van der Waals surface area contributed by atoms with Crippen molar-refractivity contribution in [3.63, 3.8) is 0 Å². The van der Waals surface area contributed by atoms with Gasteiger partial charge in [-0.05, 0) is 49.4 Å². The molecule has 0 aliphatic carbocycles. The minimum atomic E-state index is -0.299. The maximum absolute atomic E-state index is 13.6. The van der Waals surface area contributed by atoms with Gasteiger partial charge >= 0.3 is 0 Å². The number of ether oxygens (including phenoxy) is 1. The summed E-state index contributed by atoms with van der Waals surface area (Å²) in [6, 6.07) is 11.7. The van der Waals surface area contributed by atoms with Gasteiger partial charge in [-0.3, -0.25) is 0 Å². The first-order valence-electron chi connectivity index (χ1n) is 5.61. The maximum atomic E-state index is 13.6. The molecule has 4 heteroatoms. The van der Waals surface area contributed by atoms with E-state index in [0.29, 0.717) is 35.1 Å². The molecule has 0 saturated carbocycles. The van der Waals surface area contributed by atoms with E-state index in [1.807, 2.05) is 0 Å². The molecule has 0 atom stereocenters. The maximum Gasteiger partial charge on any atom is 0.133 e. The summed E-state index contributed by atoms with van der Waals surface area (Å²) in [6.07, 6.45) is 0.440. The standard InChI is InChI=1S/C14H13ClFNO/c15-10-4-6-11(7-5-10)18-14-3-1-2-13(16)12(14)8-9-17/h1-7H,8-9,17H2. The number of halogens is 2. The predicted octanol–water partition coefficient (Wildman–Crippen LogP) is 3.77. The zero-order valence-electron chi connectivity index (χ0n) is 9.70. The van der Waals surface area contributed by atoms with Gasteiger partial charge in [-0.15, -0.1) is 0 Å². The van der Waals surface area contributed by atoms with Gasteiger partial charge in [-0.2, -0.15) is 0 Å². The van der Waals surface area contributed by atoms with Gasteiger partial charge < -0.3 is 10.5 Å². The molecule has 2 nitrogen and oxygen atoms in total. The van der Waals surface area contributed by atoms with Gasteiger partial charge in [-0.25, -0.2) is 4.39 Å². The van der Waals surface area contributed by atoms with Crippen LogP contribution in [-0.2, 0) is 6.42 Å².